The van der Waals surface area contributed by atoms with Crippen molar-refractivity contribution < 1.29 is 23.9 Å². The molecule has 0 radical (unpaired) electrons. The fourth-order valence-corrected chi connectivity index (χ4v) is 2.18. The molecule has 0 saturated carbocycles. The molecule has 1 aromatic carbocycles. The molecule has 0 N–H and O–H groups in total. The third-order valence-electron chi connectivity index (χ3n) is 3.08. The number of methoxy groups -OCH3 is 2. The van der Waals surface area contributed by atoms with Crippen LogP contribution < -0.4 is 14.5 Å². The molecule has 6 heteroatoms. The van der Waals surface area contributed by atoms with Gasteiger partial charge < -0.3 is 14.3 Å². The molecule has 1 aliphatic heterocycles. The molecule has 6 nitrogen and oxygen atoms in total. The highest BCUT2D eigenvalue weighted by Crippen LogP contribution is 2.39. The van der Waals surface area contributed by atoms with Crippen molar-refractivity contribution in [1.29, 1.82) is 0 Å². The Kier molecular flexibility index (Phi) is 3.59. The van der Waals surface area contributed by atoms with Crippen LogP contribution in [0.25, 0.3) is 0 Å². The van der Waals surface area contributed by atoms with Gasteiger partial charge in [-0.3, -0.25) is 9.59 Å². The maximum Gasteiger partial charge on any atom is 0.320 e. The van der Waals surface area contributed by atoms with Crippen LogP contribution in [0.15, 0.2) is 12.1 Å². The molecule has 1 unspecified atom stereocenters. The van der Waals surface area contributed by atoms with E-state index >= 15 is 0 Å². The normalized spacial score (nSPS) is 17.7. The molecule has 1 aliphatic rings. The average molecular weight is 265 g/mol. The van der Waals surface area contributed by atoms with E-state index in [2.05, 4.69) is 0 Å². The summed E-state index contributed by atoms with van der Waals surface area (Å²) >= 11 is 0. The highest BCUT2D eigenvalue weighted by atomic mass is 16.7. The van der Waals surface area contributed by atoms with Crippen LogP contribution in [0.2, 0.25) is 0 Å². The third-order valence-corrected chi connectivity index (χ3v) is 3.08. The van der Waals surface area contributed by atoms with Crippen molar-refractivity contribution in [2.24, 2.45) is 0 Å². The summed E-state index contributed by atoms with van der Waals surface area (Å²) in [5, 5.41) is 1.41. The maximum atomic E-state index is 12.0. The first-order chi connectivity index (χ1) is 9.12. The van der Waals surface area contributed by atoms with Gasteiger partial charge in [-0.15, -0.1) is 0 Å². The number of nitrogens with zero attached hydrogens (tertiary/aromatic N) is 1. The summed E-state index contributed by atoms with van der Waals surface area (Å²) in [5.74, 6) is 0.923. The van der Waals surface area contributed by atoms with E-state index in [9.17, 15) is 9.59 Å². The van der Waals surface area contributed by atoms with Gasteiger partial charge in [0.25, 0.3) is 0 Å². The molecule has 0 aromatic heterocycles. The molecule has 19 heavy (non-hydrogen) atoms. The number of hydrogen-bond donors (Lipinski definition) is 0. The van der Waals surface area contributed by atoms with E-state index in [4.69, 9.17) is 14.3 Å². The Balaban J connectivity index is 2.57. The van der Waals surface area contributed by atoms with Crippen molar-refractivity contribution >= 4 is 17.9 Å². The minimum absolute atomic E-state index is 0.0193. The number of fused-ring (bicyclic) bond motifs is 1. The average Bonchev–Trinajstić information content (AvgIpc) is 2.42. The molecule has 102 valence electrons. The molecule has 1 heterocycles. The summed E-state index contributed by atoms with van der Waals surface area (Å²) in [6.07, 6.45) is 0.274. The second-order valence-corrected chi connectivity index (χ2v) is 4.23. The molecule has 0 fully saturated rings. The Hall–Kier alpha value is -2.24. The lowest BCUT2D eigenvalue weighted by Crippen LogP contribution is -2.39. The van der Waals surface area contributed by atoms with E-state index in [0.29, 0.717) is 29.2 Å². The van der Waals surface area contributed by atoms with Crippen molar-refractivity contribution in [2.45, 2.75) is 19.4 Å². The quantitative estimate of drug-likeness (QED) is 0.770. The topological polar surface area (TPSA) is 65.1 Å². The lowest BCUT2D eigenvalue weighted by atomic mass is 9.96. The minimum atomic E-state index is -0.219. The minimum Gasteiger partial charge on any atom is -0.493 e. The van der Waals surface area contributed by atoms with Crippen molar-refractivity contribution in [3.05, 3.63) is 17.7 Å². The van der Waals surface area contributed by atoms with Gasteiger partial charge in [0.05, 0.1) is 25.9 Å². The summed E-state index contributed by atoms with van der Waals surface area (Å²) in [6.45, 7) is 2.15. The fraction of sp³-hybridized carbons (Fsp3) is 0.385. The monoisotopic (exact) mass is 265 g/mol. The zero-order chi connectivity index (χ0) is 14.0. The zero-order valence-corrected chi connectivity index (χ0v) is 11.0. The van der Waals surface area contributed by atoms with E-state index in [0.717, 1.165) is 0 Å². The summed E-state index contributed by atoms with van der Waals surface area (Å²) in [4.78, 5) is 27.6. The first-order valence-corrected chi connectivity index (χ1v) is 5.81. The highest BCUT2D eigenvalue weighted by molar-refractivity contribution is 6.04. The van der Waals surface area contributed by atoms with E-state index in [-0.39, 0.29) is 18.2 Å². The Morgan fingerprint density at radius 2 is 1.89 bits per heavy atom. The van der Waals surface area contributed by atoms with Crippen molar-refractivity contribution in [3.63, 3.8) is 0 Å². The third kappa shape index (κ3) is 2.21. The second-order valence-electron chi connectivity index (χ2n) is 4.23. The first-order valence-electron chi connectivity index (χ1n) is 5.81. The molecule has 1 aromatic rings. The number of hydroxylamine groups is 1. The number of ether oxygens (including phenoxy) is 2. The summed E-state index contributed by atoms with van der Waals surface area (Å²) in [5.41, 5.74) is 0.964. The Bertz CT molecular complexity index is 514. The smallest absolute Gasteiger partial charge is 0.320 e. The molecule has 0 amide bonds. The molecule has 1 atom stereocenters. The van der Waals surface area contributed by atoms with Gasteiger partial charge in [0, 0.05) is 18.1 Å². The predicted octanol–water partition coefficient (Wildman–Crippen LogP) is 1.57. The standard InChI is InChI=1S/C13H15NO5/c1-8-4-11(16)9-5-12(17-2)13(18-3)6-10(9)14(8)19-7-15/h5-8H,4H2,1-3H3. The van der Waals surface area contributed by atoms with E-state index in [1.54, 1.807) is 19.1 Å². The number of carbonyl (C=O) groups excluding carboxylic acids is 2. The van der Waals surface area contributed by atoms with Gasteiger partial charge in [-0.1, -0.05) is 0 Å². The first kappa shape index (κ1) is 13.2. The maximum absolute atomic E-state index is 12.0. The number of hydrogen-bond acceptors (Lipinski definition) is 6. The van der Waals surface area contributed by atoms with Gasteiger partial charge in [0.15, 0.2) is 17.3 Å². The van der Waals surface area contributed by atoms with Gasteiger partial charge in [-0.2, -0.15) is 0 Å². The number of anilines is 1. The van der Waals surface area contributed by atoms with Gasteiger partial charge in [0.1, 0.15) is 0 Å². The van der Waals surface area contributed by atoms with E-state index in [1.165, 1.54) is 19.3 Å². The molecular weight excluding hydrogens is 250 g/mol. The van der Waals surface area contributed by atoms with Crippen LogP contribution in [0, 0.1) is 0 Å². The van der Waals surface area contributed by atoms with Gasteiger partial charge >= 0.3 is 6.47 Å². The highest BCUT2D eigenvalue weighted by Gasteiger charge is 2.32. The summed E-state index contributed by atoms with van der Waals surface area (Å²) in [7, 11) is 3.00. The number of carbonyl (C=O) groups is 2. The van der Waals surface area contributed by atoms with E-state index < -0.39 is 0 Å². The van der Waals surface area contributed by atoms with Crippen molar-refractivity contribution in [2.75, 3.05) is 19.3 Å². The second kappa shape index (κ2) is 5.17. The molecule has 0 saturated heterocycles. The van der Waals surface area contributed by atoms with Gasteiger partial charge in [-0.25, -0.2) is 5.06 Å². The largest absolute Gasteiger partial charge is 0.493 e. The number of rotatable bonds is 4. The van der Waals surface area contributed by atoms with Crippen LogP contribution in [0.5, 0.6) is 11.5 Å². The van der Waals surface area contributed by atoms with E-state index in [1.807, 2.05) is 0 Å². The Morgan fingerprint density at radius 3 is 2.47 bits per heavy atom. The van der Waals surface area contributed by atoms with Crippen LogP contribution in [-0.2, 0) is 9.63 Å². The summed E-state index contributed by atoms with van der Waals surface area (Å²) in [6, 6.07) is 3.01. The lowest BCUT2D eigenvalue weighted by Gasteiger charge is -2.33. The zero-order valence-electron chi connectivity index (χ0n) is 11.0. The molecule has 0 bridgehead atoms. The number of benzene rings is 1. The Labute approximate surface area is 110 Å². The lowest BCUT2D eigenvalue weighted by molar-refractivity contribution is -0.131. The van der Waals surface area contributed by atoms with Crippen LogP contribution in [0.3, 0.4) is 0 Å². The van der Waals surface area contributed by atoms with Crippen LogP contribution in [-0.4, -0.2) is 32.5 Å². The molecular formula is C13H15NO5. The van der Waals surface area contributed by atoms with Crippen LogP contribution in [0.4, 0.5) is 5.69 Å². The van der Waals surface area contributed by atoms with Gasteiger partial charge in [-0.05, 0) is 13.0 Å². The van der Waals surface area contributed by atoms with Crippen LogP contribution >= 0.6 is 0 Å². The number of ketones is 1. The molecule has 0 aliphatic carbocycles. The predicted molar refractivity (Wildman–Crippen MR) is 67.6 cm³/mol. The SMILES string of the molecule is COc1cc2c(cc1OC)N(OC=O)C(C)CC2=O. The van der Waals surface area contributed by atoms with Crippen molar-refractivity contribution in [3.8, 4) is 11.5 Å². The fourth-order valence-electron chi connectivity index (χ4n) is 2.18. The Morgan fingerprint density at radius 1 is 1.26 bits per heavy atom. The number of Topliss-reactive ketones (excluding diaryl/α,β-unsaturated/α-hetero) is 1. The molecule has 0 spiro atoms. The van der Waals surface area contributed by atoms with Gasteiger partial charge in [0.2, 0.25) is 0 Å². The van der Waals surface area contributed by atoms with Crippen LogP contribution in [0.1, 0.15) is 23.7 Å². The van der Waals surface area contributed by atoms with Crippen molar-refractivity contribution in [1.82, 2.24) is 0 Å². The summed E-state index contributed by atoms with van der Waals surface area (Å²) < 4.78 is 10.4. The molecule has 2 rings (SSSR count).